The molecule has 0 aromatic heterocycles. The van der Waals surface area contributed by atoms with Gasteiger partial charge in [-0.15, -0.1) is 4.67 Å². The maximum absolute atomic E-state index is 12.0. The third-order valence-electron chi connectivity index (χ3n) is 2.56. The van der Waals surface area contributed by atoms with Crippen molar-refractivity contribution in [1.82, 2.24) is 0 Å². The Morgan fingerprint density at radius 1 is 0.800 bits per heavy atom. The van der Waals surface area contributed by atoms with Gasteiger partial charge in [-0.25, -0.2) is 9.82 Å². The first-order valence-electron chi connectivity index (χ1n) is 6.02. The highest BCUT2D eigenvalue weighted by atomic mass is 31.2. The number of rotatable bonds is 7. The number of phosphoric ester groups is 1. The van der Waals surface area contributed by atoms with Crippen molar-refractivity contribution >= 4 is 7.82 Å². The van der Waals surface area contributed by atoms with E-state index in [4.69, 9.17) is 14.3 Å². The Kier molecular flexibility index (Phi) is 5.47. The van der Waals surface area contributed by atoms with Crippen LogP contribution in [0.15, 0.2) is 60.7 Å². The summed E-state index contributed by atoms with van der Waals surface area (Å²) in [5.74, 6) is 0. The van der Waals surface area contributed by atoms with E-state index in [9.17, 15) is 4.57 Å². The number of phosphoric acid groups is 1. The van der Waals surface area contributed by atoms with Crippen LogP contribution in [0.2, 0.25) is 0 Å². The van der Waals surface area contributed by atoms with E-state index in [2.05, 4.69) is 4.67 Å². The quantitative estimate of drug-likeness (QED) is 0.474. The molecular formula is C14H15O5P. The first-order chi connectivity index (χ1) is 9.72. The lowest BCUT2D eigenvalue weighted by atomic mass is 10.2. The molecule has 2 rings (SSSR count). The normalized spacial score (nSPS) is 11.4. The molecule has 1 N–H and O–H groups in total. The molecule has 106 valence electrons. The van der Waals surface area contributed by atoms with Gasteiger partial charge in [-0.05, 0) is 11.1 Å². The van der Waals surface area contributed by atoms with Crippen molar-refractivity contribution in [3.63, 3.8) is 0 Å². The van der Waals surface area contributed by atoms with Crippen LogP contribution in [0, 0.1) is 0 Å². The predicted molar refractivity (Wildman–Crippen MR) is 73.8 cm³/mol. The molecule has 0 heterocycles. The highest BCUT2D eigenvalue weighted by Gasteiger charge is 2.27. The third-order valence-corrected chi connectivity index (χ3v) is 3.65. The van der Waals surface area contributed by atoms with Crippen molar-refractivity contribution in [2.24, 2.45) is 0 Å². The molecule has 0 amide bonds. The monoisotopic (exact) mass is 294 g/mol. The smallest absolute Gasteiger partial charge is 0.280 e. The van der Waals surface area contributed by atoms with Gasteiger partial charge in [0.05, 0.1) is 13.2 Å². The zero-order chi connectivity index (χ0) is 14.3. The highest BCUT2D eigenvalue weighted by Crippen LogP contribution is 2.49. The van der Waals surface area contributed by atoms with Gasteiger partial charge in [0.1, 0.15) is 0 Å². The SMILES string of the molecule is O=P(OO)(OCc1ccccc1)OCc1ccccc1. The molecule has 0 atom stereocenters. The van der Waals surface area contributed by atoms with Crippen molar-refractivity contribution in [2.45, 2.75) is 13.2 Å². The van der Waals surface area contributed by atoms with E-state index in [1.165, 1.54) is 0 Å². The van der Waals surface area contributed by atoms with Crippen molar-refractivity contribution in [2.75, 3.05) is 0 Å². The van der Waals surface area contributed by atoms with Crippen molar-refractivity contribution in [1.29, 1.82) is 0 Å². The molecule has 2 aromatic carbocycles. The summed E-state index contributed by atoms with van der Waals surface area (Å²) in [5.41, 5.74) is 1.60. The molecule has 2 aromatic rings. The maximum Gasteiger partial charge on any atom is 0.502 e. The van der Waals surface area contributed by atoms with Crippen LogP contribution in [0.5, 0.6) is 0 Å². The molecule has 0 saturated carbocycles. The molecule has 0 saturated heterocycles. The van der Waals surface area contributed by atoms with E-state index in [0.29, 0.717) is 0 Å². The average Bonchev–Trinajstić information content (AvgIpc) is 2.53. The first-order valence-corrected chi connectivity index (χ1v) is 7.48. The number of benzene rings is 2. The second kappa shape index (κ2) is 7.33. The number of hydrogen-bond donors (Lipinski definition) is 1. The highest BCUT2D eigenvalue weighted by molar-refractivity contribution is 7.48. The molecule has 0 bridgehead atoms. The molecule has 6 heteroatoms. The topological polar surface area (TPSA) is 65.0 Å². The Balaban J connectivity index is 1.90. The molecular weight excluding hydrogens is 279 g/mol. The Hall–Kier alpha value is -1.49. The van der Waals surface area contributed by atoms with Gasteiger partial charge in [0.25, 0.3) is 0 Å². The van der Waals surface area contributed by atoms with E-state index in [1.54, 1.807) is 24.3 Å². The summed E-state index contributed by atoms with van der Waals surface area (Å²) in [7, 11) is -3.98. The second-order valence-electron chi connectivity index (χ2n) is 4.05. The first kappa shape index (κ1) is 14.9. The summed E-state index contributed by atoms with van der Waals surface area (Å²) in [6, 6.07) is 18.2. The Morgan fingerprint density at radius 2 is 1.20 bits per heavy atom. The fourth-order valence-corrected chi connectivity index (χ4v) is 2.32. The van der Waals surface area contributed by atoms with Gasteiger partial charge < -0.3 is 0 Å². The van der Waals surface area contributed by atoms with Crippen LogP contribution in [0.3, 0.4) is 0 Å². The van der Waals surface area contributed by atoms with Crippen LogP contribution < -0.4 is 0 Å². The van der Waals surface area contributed by atoms with E-state index in [1.807, 2.05) is 36.4 Å². The van der Waals surface area contributed by atoms with Gasteiger partial charge in [0.15, 0.2) is 0 Å². The molecule has 20 heavy (non-hydrogen) atoms. The lowest BCUT2D eigenvalue weighted by Crippen LogP contribution is -1.99. The molecule has 0 aliphatic carbocycles. The zero-order valence-electron chi connectivity index (χ0n) is 10.7. The molecule has 0 radical (unpaired) electrons. The van der Waals surface area contributed by atoms with Crippen LogP contribution in [-0.4, -0.2) is 5.26 Å². The van der Waals surface area contributed by atoms with Crippen molar-refractivity contribution in [3.05, 3.63) is 71.8 Å². The lowest BCUT2D eigenvalue weighted by molar-refractivity contribution is -0.168. The van der Waals surface area contributed by atoms with Crippen LogP contribution in [0.25, 0.3) is 0 Å². The molecule has 0 spiro atoms. The summed E-state index contributed by atoms with van der Waals surface area (Å²) in [6.07, 6.45) is 0. The molecule has 0 aliphatic heterocycles. The fourth-order valence-electron chi connectivity index (χ4n) is 1.54. The Morgan fingerprint density at radius 3 is 1.55 bits per heavy atom. The van der Waals surface area contributed by atoms with Crippen LogP contribution in [0.1, 0.15) is 11.1 Å². The lowest BCUT2D eigenvalue weighted by Gasteiger charge is -2.14. The summed E-state index contributed by atoms with van der Waals surface area (Å²) in [4.78, 5) is 0. The maximum atomic E-state index is 12.0. The Labute approximate surface area is 117 Å². The standard InChI is InChI=1S/C14H15O5P/c15-19-20(16,17-11-13-7-3-1-4-8-13)18-12-14-9-5-2-6-10-14/h1-10,15H,11-12H2. The summed E-state index contributed by atoms with van der Waals surface area (Å²) >= 11 is 0. The molecule has 0 fully saturated rings. The van der Waals surface area contributed by atoms with Gasteiger partial charge >= 0.3 is 7.82 Å². The van der Waals surface area contributed by atoms with Crippen LogP contribution in [0.4, 0.5) is 0 Å². The van der Waals surface area contributed by atoms with Gasteiger partial charge in [-0.3, -0.25) is 9.05 Å². The van der Waals surface area contributed by atoms with Crippen molar-refractivity contribution < 1.29 is 23.5 Å². The molecule has 5 nitrogen and oxygen atoms in total. The van der Waals surface area contributed by atoms with E-state index in [0.717, 1.165) is 11.1 Å². The van der Waals surface area contributed by atoms with E-state index < -0.39 is 7.82 Å². The van der Waals surface area contributed by atoms with Gasteiger partial charge in [0, 0.05) is 0 Å². The summed E-state index contributed by atoms with van der Waals surface area (Å²) < 4.78 is 26.0. The average molecular weight is 294 g/mol. The summed E-state index contributed by atoms with van der Waals surface area (Å²) in [6.45, 7) is 0.0426. The van der Waals surface area contributed by atoms with Gasteiger partial charge in [-0.1, -0.05) is 60.7 Å². The van der Waals surface area contributed by atoms with E-state index >= 15 is 0 Å². The number of hydrogen-bond acceptors (Lipinski definition) is 5. The fraction of sp³-hybridized carbons (Fsp3) is 0.143. The minimum atomic E-state index is -3.98. The Bertz CT molecular complexity index is 511. The minimum absolute atomic E-state index is 0.0213. The molecule has 0 unspecified atom stereocenters. The second-order valence-corrected chi connectivity index (χ2v) is 5.62. The third kappa shape index (κ3) is 4.56. The van der Waals surface area contributed by atoms with Gasteiger partial charge in [0.2, 0.25) is 0 Å². The zero-order valence-corrected chi connectivity index (χ0v) is 11.6. The summed E-state index contributed by atoms with van der Waals surface area (Å²) in [5, 5.41) is 8.73. The van der Waals surface area contributed by atoms with Crippen molar-refractivity contribution in [3.8, 4) is 0 Å². The predicted octanol–water partition coefficient (Wildman–Crippen LogP) is 4.02. The van der Waals surface area contributed by atoms with E-state index in [-0.39, 0.29) is 13.2 Å². The molecule has 0 aliphatic rings. The van der Waals surface area contributed by atoms with Crippen LogP contribution >= 0.6 is 7.82 Å². The largest absolute Gasteiger partial charge is 0.502 e. The van der Waals surface area contributed by atoms with Crippen LogP contribution in [-0.2, 0) is 31.5 Å². The van der Waals surface area contributed by atoms with Gasteiger partial charge in [-0.2, -0.15) is 0 Å². The minimum Gasteiger partial charge on any atom is -0.280 e.